The SMILES string of the molecule is Cc1cccc(CN2CCC(C)(N)CC2)c1. The van der Waals surface area contributed by atoms with Gasteiger partial charge in [-0.25, -0.2) is 0 Å². The van der Waals surface area contributed by atoms with Crippen molar-refractivity contribution < 1.29 is 0 Å². The van der Waals surface area contributed by atoms with Gasteiger partial charge in [0.25, 0.3) is 0 Å². The van der Waals surface area contributed by atoms with Crippen molar-refractivity contribution in [2.45, 2.75) is 38.8 Å². The lowest BCUT2D eigenvalue weighted by atomic mass is 9.91. The van der Waals surface area contributed by atoms with Gasteiger partial charge in [-0.05, 0) is 32.3 Å². The zero-order valence-electron chi connectivity index (χ0n) is 10.4. The van der Waals surface area contributed by atoms with E-state index in [-0.39, 0.29) is 5.54 Å². The minimum Gasteiger partial charge on any atom is -0.325 e. The van der Waals surface area contributed by atoms with Crippen molar-refractivity contribution in [2.75, 3.05) is 13.1 Å². The Morgan fingerprint density at radius 1 is 1.31 bits per heavy atom. The van der Waals surface area contributed by atoms with Crippen molar-refractivity contribution in [3.8, 4) is 0 Å². The van der Waals surface area contributed by atoms with E-state index in [1.54, 1.807) is 0 Å². The van der Waals surface area contributed by atoms with Crippen LogP contribution in [-0.4, -0.2) is 23.5 Å². The molecule has 1 heterocycles. The third-order valence-electron chi connectivity index (χ3n) is 3.49. The number of likely N-dealkylation sites (tertiary alicyclic amines) is 1. The second-order valence-electron chi connectivity index (χ2n) is 5.42. The molecule has 0 aromatic heterocycles. The van der Waals surface area contributed by atoms with Crippen molar-refractivity contribution in [3.63, 3.8) is 0 Å². The number of nitrogens with zero attached hydrogens (tertiary/aromatic N) is 1. The van der Waals surface area contributed by atoms with Crippen LogP contribution in [-0.2, 0) is 6.54 Å². The molecule has 1 aliphatic rings. The predicted molar refractivity (Wildman–Crippen MR) is 68.3 cm³/mol. The average Bonchev–Trinajstić information content (AvgIpc) is 2.21. The van der Waals surface area contributed by atoms with E-state index < -0.39 is 0 Å². The molecule has 0 saturated carbocycles. The van der Waals surface area contributed by atoms with Gasteiger partial charge in [0.2, 0.25) is 0 Å². The summed E-state index contributed by atoms with van der Waals surface area (Å²) in [5, 5.41) is 0. The zero-order valence-corrected chi connectivity index (χ0v) is 10.4. The molecule has 0 spiro atoms. The molecule has 1 aromatic carbocycles. The lowest BCUT2D eigenvalue weighted by Crippen LogP contribution is -2.47. The minimum absolute atomic E-state index is 0.0586. The van der Waals surface area contributed by atoms with Gasteiger partial charge in [0.15, 0.2) is 0 Å². The molecule has 0 radical (unpaired) electrons. The van der Waals surface area contributed by atoms with Crippen LogP contribution in [0.1, 0.15) is 30.9 Å². The van der Waals surface area contributed by atoms with Crippen LogP contribution in [0.4, 0.5) is 0 Å². The first-order valence-electron chi connectivity index (χ1n) is 6.12. The van der Waals surface area contributed by atoms with Crippen molar-refractivity contribution in [1.82, 2.24) is 4.90 Å². The standard InChI is InChI=1S/C14H22N2/c1-12-4-3-5-13(10-12)11-16-8-6-14(2,15)7-9-16/h3-5,10H,6-9,11,15H2,1-2H3. The highest BCUT2D eigenvalue weighted by atomic mass is 15.1. The van der Waals surface area contributed by atoms with Gasteiger partial charge < -0.3 is 5.73 Å². The molecule has 2 nitrogen and oxygen atoms in total. The molecule has 1 saturated heterocycles. The van der Waals surface area contributed by atoms with E-state index >= 15 is 0 Å². The minimum atomic E-state index is 0.0586. The highest BCUT2D eigenvalue weighted by molar-refractivity contribution is 5.22. The van der Waals surface area contributed by atoms with Crippen LogP contribution in [0.3, 0.4) is 0 Å². The molecule has 1 aliphatic heterocycles. The van der Waals surface area contributed by atoms with E-state index in [0.29, 0.717) is 0 Å². The van der Waals surface area contributed by atoms with Gasteiger partial charge in [0, 0.05) is 25.2 Å². The molecule has 1 fully saturated rings. The van der Waals surface area contributed by atoms with Crippen LogP contribution >= 0.6 is 0 Å². The summed E-state index contributed by atoms with van der Waals surface area (Å²) in [6.07, 6.45) is 2.22. The van der Waals surface area contributed by atoms with E-state index in [1.165, 1.54) is 11.1 Å². The van der Waals surface area contributed by atoms with Gasteiger partial charge in [0.1, 0.15) is 0 Å². The zero-order chi connectivity index (χ0) is 11.6. The first kappa shape index (κ1) is 11.6. The lowest BCUT2D eigenvalue weighted by Gasteiger charge is -2.36. The third-order valence-corrected chi connectivity index (χ3v) is 3.49. The van der Waals surface area contributed by atoms with Crippen LogP contribution in [0.25, 0.3) is 0 Å². The number of hydrogen-bond acceptors (Lipinski definition) is 2. The quantitative estimate of drug-likeness (QED) is 0.825. The molecule has 2 rings (SSSR count). The number of aryl methyl sites for hydroxylation is 1. The van der Waals surface area contributed by atoms with Crippen LogP contribution in [0.2, 0.25) is 0 Å². The number of nitrogens with two attached hydrogens (primary N) is 1. The summed E-state index contributed by atoms with van der Waals surface area (Å²) < 4.78 is 0. The van der Waals surface area contributed by atoms with Gasteiger partial charge in [-0.2, -0.15) is 0 Å². The molecule has 0 aliphatic carbocycles. The van der Waals surface area contributed by atoms with Crippen molar-refractivity contribution in [1.29, 1.82) is 0 Å². The fourth-order valence-electron chi connectivity index (χ4n) is 2.29. The smallest absolute Gasteiger partial charge is 0.0233 e. The largest absolute Gasteiger partial charge is 0.325 e. The topological polar surface area (TPSA) is 29.3 Å². The van der Waals surface area contributed by atoms with E-state index in [4.69, 9.17) is 5.73 Å². The Morgan fingerprint density at radius 3 is 2.62 bits per heavy atom. The second kappa shape index (κ2) is 4.56. The van der Waals surface area contributed by atoms with E-state index in [9.17, 15) is 0 Å². The van der Waals surface area contributed by atoms with E-state index in [2.05, 4.69) is 43.0 Å². The Morgan fingerprint density at radius 2 is 2.00 bits per heavy atom. The summed E-state index contributed by atoms with van der Waals surface area (Å²) in [5.41, 5.74) is 8.95. The molecule has 0 atom stereocenters. The van der Waals surface area contributed by atoms with E-state index in [1.807, 2.05) is 0 Å². The molecule has 0 unspecified atom stereocenters. The van der Waals surface area contributed by atoms with Gasteiger partial charge >= 0.3 is 0 Å². The van der Waals surface area contributed by atoms with Gasteiger partial charge in [-0.3, -0.25) is 4.90 Å². The van der Waals surface area contributed by atoms with Crippen molar-refractivity contribution >= 4 is 0 Å². The maximum Gasteiger partial charge on any atom is 0.0233 e. The normalized spacial score (nSPS) is 20.9. The van der Waals surface area contributed by atoms with Crippen LogP contribution in [0.5, 0.6) is 0 Å². The molecular weight excluding hydrogens is 196 g/mol. The molecule has 0 amide bonds. The Balaban J connectivity index is 1.92. The second-order valence-corrected chi connectivity index (χ2v) is 5.42. The van der Waals surface area contributed by atoms with Crippen LogP contribution in [0.15, 0.2) is 24.3 Å². The van der Waals surface area contributed by atoms with Crippen molar-refractivity contribution in [2.24, 2.45) is 5.73 Å². The Kier molecular flexibility index (Phi) is 3.31. The summed E-state index contributed by atoms with van der Waals surface area (Å²) in [6.45, 7) is 7.63. The lowest BCUT2D eigenvalue weighted by molar-refractivity contribution is 0.165. The number of piperidine rings is 1. The van der Waals surface area contributed by atoms with Crippen molar-refractivity contribution in [3.05, 3.63) is 35.4 Å². The molecule has 2 heteroatoms. The monoisotopic (exact) mass is 218 g/mol. The predicted octanol–water partition coefficient (Wildman–Crippen LogP) is 2.31. The van der Waals surface area contributed by atoms with Crippen LogP contribution < -0.4 is 5.73 Å². The Labute approximate surface area is 98.4 Å². The fraction of sp³-hybridized carbons (Fsp3) is 0.571. The molecule has 16 heavy (non-hydrogen) atoms. The number of benzene rings is 1. The van der Waals surface area contributed by atoms with Gasteiger partial charge in [-0.1, -0.05) is 29.8 Å². The molecular formula is C14H22N2. The maximum atomic E-state index is 6.13. The summed E-state index contributed by atoms with van der Waals surface area (Å²) in [7, 11) is 0. The highest BCUT2D eigenvalue weighted by Crippen LogP contribution is 2.20. The first-order valence-corrected chi connectivity index (χ1v) is 6.12. The Hall–Kier alpha value is -0.860. The van der Waals surface area contributed by atoms with Gasteiger partial charge in [0.05, 0.1) is 0 Å². The number of rotatable bonds is 2. The Bertz CT molecular complexity index is 348. The number of hydrogen-bond donors (Lipinski definition) is 1. The maximum absolute atomic E-state index is 6.13. The summed E-state index contributed by atoms with van der Waals surface area (Å²) >= 11 is 0. The summed E-state index contributed by atoms with van der Waals surface area (Å²) in [5.74, 6) is 0. The molecule has 1 aromatic rings. The fourth-order valence-corrected chi connectivity index (χ4v) is 2.29. The summed E-state index contributed by atoms with van der Waals surface area (Å²) in [6, 6.07) is 8.78. The molecule has 88 valence electrons. The van der Waals surface area contributed by atoms with Crippen LogP contribution in [0, 0.1) is 6.92 Å². The highest BCUT2D eigenvalue weighted by Gasteiger charge is 2.25. The first-order chi connectivity index (χ1) is 7.55. The third kappa shape index (κ3) is 3.06. The average molecular weight is 218 g/mol. The summed E-state index contributed by atoms with van der Waals surface area (Å²) in [4.78, 5) is 2.50. The molecule has 0 bridgehead atoms. The van der Waals surface area contributed by atoms with E-state index in [0.717, 1.165) is 32.5 Å². The molecule has 2 N–H and O–H groups in total. The van der Waals surface area contributed by atoms with Gasteiger partial charge in [-0.15, -0.1) is 0 Å².